The molecule has 2 rings (SSSR count). The molecule has 0 unspecified atom stereocenters. The molecule has 0 saturated heterocycles. The van der Waals surface area contributed by atoms with E-state index in [1.165, 1.54) is 18.5 Å². The fourth-order valence-electron chi connectivity index (χ4n) is 1.35. The molecule has 0 amide bonds. The summed E-state index contributed by atoms with van der Waals surface area (Å²) < 4.78 is 26.2. The van der Waals surface area contributed by atoms with Crippen molar-refractivity contribution in [2.24, 2.45) is 0 Å². The molecule has 0 atom stereocenters. The van der Waals surface area contributed by atoms with Crippen LogP contribution in [0.3, 0.4) is 0 Å². The number of anilines is 1. The van der Waals surface area contributed by atoms with Crippen molar-refractivity contribution in [2.75, 3.05) is 5.73 Å². The van der Waals surface area contributed by atoms with E-state index in [4.69, 9.17) is 5.73 Å². The van der Waals surface area contributed by atoms with Crippen molar-refractivity contribution >= 4 is 15.8 Å². The van der Waals surface area contributed by atoms with Crippen LogP contribution in [0.4, 0.5) is 5.82 Å². The Hall–Kier alpha value is -1.99. The van der Waals surface area contributed by atoms with Crippen LogP contribution in [0.25, 0.3) is 0 Å². The normalized spacial score (nSPS) is 11.3. The Morgan fingerprint density at radius 2 is 2.06 bits per heavy atom. The highest BCUT2D eigenvalue weighted by Crippen LogP contribution is 2.07. The van der Waals surface area contributed by atoms with E-state index in [2.05, 4.69) is 14.7 Å². The average Bonchev–Trinajstić information content (AvgIpc) is 2.38. The molecule has 0 saturated carbocycles. The maximum atomic E-state index is 11.9. The van der Waals surface area contributed by atoms with Crippen molar-refractivity contribution in [2.45, 2.75) is 11.4 Å². The van der Waals surface area contributed by atoms with Gasteiger partial charge >= 0.3 is 0 Å². The summed E-state index contributed by atoms with van der Waals surface area (Å²) in [5.74, 6) is 0.355. The maximum Gasteiger partial charge on any atom is 0.242 e. The van der Waals surface area contributed by atoms with E-state index >= 15 is 0 Å². The summed E-state index contributed by atoms with van der Waals surface area (Å²) in [6.45, 7) is 0.0856. The number of nitrogen functional groups attached to an aromatic ring is 1. The molecule has 0 aliphatic rings. The first kappa shape index (κ1) is 12.5. The standard InChI is InChI=1S/C11H12N4O2S/c12-11-5-1-3-9(15-11)7-14-18(16,17)10-4-2-6-13-8-10/h1-6,8,14H,7H2,(H2,12,15). The average molecular weight is 264 g/mol. The lowest BCUT2D eigenvalue weighted by molar-refractivity contribution is 0.580. The van der Waals surface area contributed by atoms with E-state index in [-0.39, 0.29) is 11.4 Å². The molecule has 0 fully saturated rings. The van der Waals surface area contributed by atoms with Crippen LogP contribution in [-0.4, -0.2) is 18.4 Å². The monoisotopic (exact) mass is 264 g/mol. The Balaban J connectivity index is 2.11. The lowest BCUT2D eigenvalue weighted by Gasteiger charge is -2.06. The summed E-state index contributed by atoms with van der Waals surface area (Å²) in [6, 6.07) is 8.09. The molecular weight excluding hydrogens is 252 g/mol. The van der Waals surface area contributed by atoms with Gasteiger partial charge in [-0.25, -0.2) is 18.1 Å². The largest absolute Gasteiger partial charge is 0.384 e. The highest BCUT2D eigenvalue weighted by atomic mass is 32.2. The molecule has 6 nitrogen and oxygen atoms in total. The third-order valence-corrected chi connectivity index (χ3v) is 3.60. The molecule has 2 aromatic rings. The highest BCUT2D eigenvalue weighted by Gasteiger charge is 2.13. The van der Waals surface area contributed by atoms with Crippen molar-refractivity contribution in [1.82, 2.24) is 14.7 Å². The Labute approximate surface area is 105 Å². The van der Waals surface area contributed by atoms with E-state index in [0.29, 0.717) is 11.5 Å². The summed E-state index contributed by atoms with van der Waals surface area (Å²) in [7, 11) is -3.56. The first-order chi connectivity index (χ1) is 8.58. The fraction of sp³-hybridized carbons (Fsp3) is 0.0909. The summed E-state index contributed by atoms with van der Waals surface area (Å²) in [5, 5.41) is 0. The molecule has 94 valence electrons. The Morgan fingerprint density at radius 1 is 1.22 bits per heavy atom. The van der Waals surface area contributed by atoms with Crippen LogP contribution in [0, 0.1) is 0 Å². The van der Waals surface area contributed by atoms with Crippen molar-refractivity contribution in [3.8, 4) is 0 Å². The number of nitrogens with zero attached hydrogens (tertiary/aromatic N) is 2. The molecule has 7 heteroatoms. The van der Waals surface area contributed by atoms with Crippen LogP contribution >= 0.6 is 0 Å². The minimum atomic E-state index is -3.56. The predicted molar refractivity (Wildman–Crippen MR) is 66.9 cm³/mol. The fourth-order valence-corrected chi connectivity index (χ4v) is 2.32. The van der Waals surface area contributed by atoms with Crippen molar-refractivity contribution in [3.05, 3.63) is 48.4 Å². The van der Waals surface area contributed by atoms with E-state index < -0.39 is 10.0 Å². The van der Waals surface area contributed by atoms with Gasteiger partial charge in [0.05, 0.1) is 12.2 Å². The SMILES string of the molecule is Nc1cccc(CNS(=O)(=O)c2cccnc2)n1. The molecule has 2 heterocycles. The molecule has 0 aromatic carbocycles. The molecule has 0 spiro atoms. The summed E-state index contributed by atoms with van der Waals surface area (Å²) in [6.07, 6.45) is 2.80. The van der Waals surface area contributed by atoms with Gasteiger partial charge in [0.1, 0.15) is 10.7 Å². The van der Waals surface area contributed by atoms with Crippen molar-refractivity contribution in [1.29, 1.82) is 0 Å². The lowest BCUT2D eigenvalue weighted by Crippen LogP contribution is -2.23. The van der Waals surface area contributed by atoms with E-state index in [0.717, 1.165) is 0 Å². The van der Waals surface area contributed by atoms with Gasteiger partial charge in [-0.1, -0.05) is 6.07 Å². The van der Waals surface area contributed by atoms with Crippen LogP contribution in [0.1, 0.15) is 5.69 Å². The zero-order valence-electron chi connectivity index (χ0n) is 9.45. The summed E-state index contributed by atoms with van der Waals surface area (Å²) in [5.41, 5.74) is 6.07. The van der Waals surface area contributed by atoms with Gasteiger partial charge in [0, 0.05) is 12.4 Å². The van der Waals surface area contributed by atoms with E-state index in [1.807, 2.05) is 0 Å². The minimum absolute atomic E-state index is 0.0856. The lowest BCUT2D eigenvalue weighted by atomic mass is 10.3. The molecule has 0 aliphatic heterocycles. The second kappa shape index (κ2) is 5.11. The molecule has 18 heavy (non-hydrogen) atoms. The van der Waals surface area contributed by atoms with Gasteiger partial charge < -0.3 is 5.73 Å². The number of rotatable bonds is 4. The first-order valence-corrected chi connectivity index (χ1v) is 6.67. The number of sulfonamides is 1. The van der Waals surface area contributed by atoms with Gasteiger partial charge in [-0.2, -0.15) is 0 Å². The molecule has 2 aromatic heterocycles. The molecule has 3 N–H and O–H groups in total. The van der Waals surface area contributed by atoms with Crippen LogP contribution in [-0.2, 0) is 16.6 Å². The van der Waals surface area contributed by atoms with Gasteiger partial charge in [0.2, 0.25) is 10.0 Å². The van der Waals surface area contributed by atoms with E-state index in [9.17, 15) is 8.42 Å². The Morgan fingerprint density at radius 3 is 2.72 bits per heavy atom. The van der Waals surface area contributed by atoms with Crippen molar-refractivity contribution < 1.29 is 8.42 Å². The predicted octanol–water partition coefficient (Wildman–Crippen LogP) is 0.537. The minimum Gasteiger partial charge on any atom is -0.384 e. The van der Waals surface area contributed by atoms with Gasteiger partial charge in [-0.15, -0.1) is 0 Å². The number of hydrogen-bond acceptors (Lipinski definition) is 5. The highest BCUT2D eigenvalue weighted by molar-refractivity contribution is 7.89. The van der Waals surface area contributed by atoms with Crippen molar-refractivity contribution in [3.63, 3.8) is 0 Å². The van der Waals surface area contributed by atoms with E-state index in [1.54, 1.807) is 24.3 Å². The number of pyridine rings is 2. The summed E-state index contributed by atoms with van der Waals surface area (Å²) in [4.78, 5) is 7.89. The summed E-state index contributed by atoms with van der Waals surface area (Å²) >= 11 is 0. The number of aromatic nitrogens is 2. The third-order valence-electron chi connectivity index (χ3n) is 2.22. The zero-order valence-corrected chi connectivity index (χ0v) is 10.3. The Kier molecular flexibility index (Phi) is 3.54. The molecule has 0 aliphatic carbocycles. The maximum absolute atomic E-state index is 11.9. The van der Waals surface area contributed by atoms with Gasteiger partial charge in [-0.3, -0.25) is 4.98 Å². The second-order valence-electron chi connectivity index (χ2n) is 3.57. The third kappa shape index (κ3) is 3.02. The second-order valence-corrected chi connectivity index (χ2v) is 5.33. The number of nitrogens with one attached hydrogen (secondary N) is 1. The molecule has 0 bridgehead atoms. The van der Waals surface area contributed by atoms with Gasteiger partial charge in [-0.05, 0) is 24.3 Å². The first-order valence-electron chi connectivity index (χ1n) is 5.19. The smallest absolute Gasteiger partial charge is 0.242 e. The molecule has 0 radical (unpaired) electrons. The van der Waals surface area contributed by atoms with Gasteiger partial charge in [0.25, 0.3) is 0 Å². The quantitative estimate of drug-likeness (QED) is 0.839. The van der Waals surface area contributed by atoms with Crippen LogP contribution < -0.4 is 10.5 Å². The van der Waals surface area contributed by atoms with Crippen LogP contribution in [0.15, 0.2) is 47.6 Å². The number of hydrogen-bond donors (Lipinski definition) is 2. The topological polar surface area (TPSA) is 98.0 Å². The van der Waals surface area contributed by atoms with Crippen LogP contribution in [0.5, 0.6) is 0 Å². The van der Waals surface area contributed by atoms with Gasteiger partial charge in [0.15, 0.2) is 0 Å². The molecular formula is C11H12N4O2S. The van der Waals surface area contributed by atoms with Crippen LogP contribution in [0.2, 0.25) is 0 Å². The zero-order chi connectivity index (χ0) is 13.0. The number of nitrogens with two attached hydrogens (primary N) is 1. The Bertz CT molecular complexity index is 629.